The molecule has 0 heterocycles. The van der Waals surface area contributed by atoms with Gasteiger partial charge in [-0.15, -0.1) is 0 Å². The molecule has 3 N–H and O–H groups in total. The van der Waals surface area contributed by atoms with Crippen LogP contribution in [0.3, 0.4) is 0 Å². The van der Waals surface area contributed by atoms with Gasteiger partial charge in [-0.3, -0.25) is 14.8 Å². The molecule has 2 aromatic carbocycles. The SMILES string of the molecule is CC(C)CC(NC(=O)C(CCc1ccccc1)C(=O)NO)C(C)c1ccccc1. The van der Waals surface area contributed by atoms with Crippen LogP contribution in [0.1, 0.15) is 50.7 Å². The third-order valence-electron chi connectivity index (χ3n) is 5.29. The second-order valence-electron chi connectivity index (χ2n) is 8.00. The summed E-state index contributed by atoms with van der Waals surface area (Å²) < 4.78 is 0. The molecule has 29 heavy (non-hydrogen) atoms. The lowest BCUT2D eigenvalue weighted by Gasteiger charge is -2.29. The average Bonchev–Trinajstić information content (AvgIpc) is 2.73. The lowest BCUT2D eigenvalue weighted by atomic mass is 9.87. The molecule has 0 fully saturated rings. The summed E-state index contributed by atoms with van der Waals surface area (Å²) in [6.07, 6.45) is 1.71. The number of amides is 2. The zero-order valence-corrected chi connectivity index (χ0v) is 17.5. The third kappa shape index (κ3) is 7.02. The Kier molecular flexibility index (Phi) is 8.87. The van der Waals surface area contributed by atoms with Crippen LogP contribution < -0.4 is 10.8 Å². The van der Waals surface area contributed by atoms with Crippen LogP contribution in [0.15, 0.2) is 60.7 Å². The molecule has 0 aliphatic rings. The van der Waals surface area contributed by atoms with Gasteiger partial charge in [0.1, 0.15) is 5.92 Å². The van der Waals surface area contributed by atoms with Crippen molar-refractivity contribution in [3.8, 4) is 0 Å². The molecule has 3 atom stereocenters. The Hall–Kier alpha value is -2.66. The Morgan fingerprint density at radius 3 is 2.03 bits per heavy atom. The summed E-state index contributed by atoms with van der Waals surface area (Å²) in [6, 6.07) is 19.7. The van der Waals surface area contributed by atoms with Gasteiger partial charge in [-0.1, -0.05) is 81.4 Å². The van der Waals surface area contributed by atoms with Gasteiger partial charge >= 0.3 is 0 Å². The molecule has 0 aliphatic heterocycles. The second-order valence-corrected chi connectivity index (χ2v) is 8.00. The van der Waals surface area contributed by atoms with E-state index in [4.69, 9.17) is 5.21 Å². The lowest BCUT2D eigenvalue weighted by molar-refractivity contribution is -0.141. The maximum Gasteiger partial charge on any atom is 0.255 e. The maximum absolute atomic E-state index is 13.0. The zero-order valence-electron chi connectivity index (χ0n) is 17.5. The van der Waals surface area contributed by atoms with E-state index in [-0.39, 0.29) is 17.9 Å². The van der Waals surface area contributed by atoms with Crippen LogP contribution in [-0.4, -0.2) is 23.1 Å². The summed E-state index contributed by atoms with van der Waals surface area (Å²) >= 11 is 0. The van der Waals surface area contributed by atoms with Gasteiger partial charge in [0.15, 0.2) is 0 Å². The number of hydrogen-bond donors (Lipinski definition) is 3. The molecule has 2 aromatic rings. The molecule has 0 spiro atoms. The quantitative estimate of drug-likeness (QED) is 0.322. The van der Waals surface area contributed by atoms with Gasteiger partial charge in [0, 0.05) is 12.0 Å². The number of rotatable bonds is 10. The molecule has 156 valence electrons. The molecule has 0 saturated heterocycles. The maximum atomic E-state index is 13.0. The molecule has 2 amide bonds. The van der Waals surface area contributed by atoms with Crippen molar-refractivity contribution in [2.45, 2.75) is 52.0 Å². The standard InChI is InChI=1S/C24H32N2O3/c1-17(2)16-22(18(3)20-12-8-5-9-13-20)25-23(27)21(24(28)26-29)15-14-19-10-6-4-7-11-19/h4-13,17-18,21-22,29H,14-16H2,1-3H3,(H,25,27)(H,26,28). The molecule has 0 aromatic heterocycles. The summed E-state index contributed by atoms with van der Waals surface area (Å²) in [5, 5.41) is 12.2. The first kappa shape index (κ1) is 22.6. The van der Waals surface area contributed by atoms with Crippen molar-refractivity contribution in [1.29, 1.82) is 0 Å². The van der Waals surface area contributed by atoms with Crippen molar-refractivity contribution in [3.05, 3.63) is 71.8 Å². The van der Waals surface area contributed by atoms with Crippen molar-refractivity contribution in [2.75, 3.05) is 0 Å². The van der Waals surface area contributed by atoms with Crippen LogP contribution in [0.25, 0.3) is 0 Å². The minimum atomic E-state index is -0.946. The monoisotopic (exact) mass is 396 g/mol. The molecule has 5 heteroatoms. The fraction of sp³-hybridized carbons (Fsp3) is 0.417. The summed E-state index contributed by atoms with van der Waals surface area (Å²) in [6.45, 7) is 6.32. The fourth-order valence-electron chi connectivity index (χ4n) is 3.58. The first-order chi connectivity index (χ1) is 13.9. The first-order valence-electron chi connectivity index (χ1n) is 10.3. The average molecular weight is 397 g/mol. The van der Waals surface area contributed by atoms with Crippen LogP contribution >= 0.6 is 0 Å². The topological polar surface area (TPSA) is 78.4 Å². The predicted molar refractivity (Wildman–Crippen MR) is 114 cm³/mol. The molecule has 2 rings (SSSR count). The third-order valence-corrected chi connectivity index (χ3v) is 5.29. The van der Waals surface area contributed by atoms with Crippen molar-refractivity contribution in [3.63, 3.8) is 0 Å². The largest absolute Gasteiger partial charge is 0.352 e. The Balaban J connectivity index is 2.12. The molecule has 3 unspecified atom stereocenters. The van der Waals surface area contributed by atoms with E-state index in [1.807, 2.05) is 48.5 Å². The number of carbonyl (C=O) groups excluding carboxylic acids is 2. The molecule has 0 bridgehead atoms. The van der Waals surface area contributed by atoms with Gasteiger partial charge in [-0.25, -0.2) is 5.48 Å². The van der Waals surface area contributed by atoms with E-state index in [0.717, 1.165) is 17.5 Å². The minimum absolute atomic E-state index is 0.101. The van der Waals surface area contributed by atoms with E-state index in [1.165, 1.54) is 0 Å². The van der Waals surface area contributed by atoms with E-state index < -0.39 is 11.8 Å². The number of nitrogens with one attached hydrogen (secondary N) is 2. The van der Waals surface area contributed by atoms with Crippen LogP contribution in [0.4, 0.5) is 0 Å². The summed E-state index contributed by atoms with van der Waals surface area (Å²) in [5.74, 6) is -1.47. The Bertz CT molecular complexity index is 762. The molecule has 0 saturated carbocycles. The van der Waals surface area contributed by atoms with Gasteiger partial charge in [0.05, 0.1) is 0 Å². The number of hydrogen-bond acceptors (Lipinski definition) is 3. The lowest BCUT2D eigenvalue weighted by Crippen LogP contribution is -2.46. The highest BCUT2D eigenvalue weighted by Crippen LogP contribution is 2.24. The van der Waals surface area contributed by atoms with Crippen LogP contribution in [0.2, 0.25) is 0 Å². The predicted octanol–water partition coefficient (Wildman–Crippen LogP) is 4.08. The van der Waals surface area contributed by atoms with Gasteiger partial charge in [-0.05, 0) is 36.3 Å². The van der Waals surface area contributed by atoms with Crippen molar-refractivity contribution < 1.29 is 14.8 Å². The Labute approximate surface area is 173 Å². The van der Waals surface area contributed by atoms with Gasteiger partial charge < -0.3 is 5.32 Å². The molecule has 0 aliphatic carbocycles. The van der Waals surface area contributed by atoms with E-state index in [2.05, 4.69) is 38.2 Å². The Morgan fingerprint density at radius 1 is 0.897 bits per heavy atom. The highest BCUT2D eigenvalue weighted by atomic mass is 16.5. The smallest absolute Gasteiger partial charge is 0.255 e. The van der Waals surface area contributed by atoms with Crippen LogP contribution in [-0.2, 0) is 16.0 Å². The van der Waals surface area contributed by atoms with E-state index in [0.29, 0.717) is 18.8 Å². The summed E-state index contributed by atoms with van der Waals surface area (Å²) in [5.41, 5.74) is 3.85. The number of aryl methyl sites for hydroxylation is 1. The Morgan fingerprint density at radius 2 is 1.48 bits per heavy atom. The summed E-state index contributed by atoms with van der Waals surface area (Å²) in [4.78, 5) is 25.2. The first-order valence-corrected chi connectivity index (χ1v) is 10.3. The van der Waals surface area contributed by atoms with Gasteiger partial charge in [0.2, 0.25) is 5.91 Å². The van der Waals surface area contributed by atoms with E-state index in [9.17, 15) is 9.59 Å². The fourth-order valence-corrected chi connectivity index (χ4v) is 3.58. The van der Waals surface area contributed by atoms with Gasteiger partial charge in [0.25, 0.3) is 5.91 Å². The van der Waals surface area contributed by atoms with Crippen LogP contribution in [0.5, 0.6) is 0 Å². The number of carbonyl (C=O) groups is 2. The highest BCUT2D eigenvalue weighted by molar-refractivity contribution is 6.00. The van der Waals surface area contributed by atoms with Gasteiger partial charge in [-0.2, -0.15) is 0 Å². The number of hydroxylamine groups is 1. The van der Waals surface area contributed by atoms with E-state index in [1.54, 1.807) is 5.48 Å². The normalized spacial score (nSPS) is 14.1. The zero-order chi connectivity index (χ0) is 21.2. The molecule has 5 nitrogen and oxygen atoms in total. The van der Waals surface area contributed by atoms with Crippen molar-refractivity contribution in [1.82, 2.24) is 10.8 Å². The van der Waals surface area contributed by atoms with Crippen molar-refractivity contribution in [2.24, 2.45) is 11.8 Å². The van der Waals surface area contributed by atoms with Crippen molar-refractivity contribution >= 4 is 11.8 Å². The minimum Gasteiger partial charge on any atom is -0.352 e. The molecule has 0 radical (unpaired) electrons. The molecular formula is C24H32N2O3. The molecular weight excluding hydrogens is 364 g/mol. The van der Waals surface area contributed by atoms with Crippen LogP contribution in [0, 0.1) is 11.8 Å². The highest BCUT2D eigenvalue weighted by Gasteiger charge is 2.30. The number of benzene rings is 2. The summed E-state index contributed by atoms with van der Waals surface area (Å²) in [7, 11) is 0. The second kappa shape index (κ2) is 11.4. The van der Waals surface area contributed by atoms with E-state index >= 15 is 0 Å².